The molecule has 0 saturated heterocycles. The summed E-state index contributed by atoms with van der Waals surface area (Å²) in [5.74, 6) is 0.913. The van der Waals surface area contributed by atoms with Gasteiger partial charge in [-0.3, -0.25) is 4.79 Å². The van der Waals surface area contributed by atoms with Gasteiger partial charge in [0.2, 0.25) is 0 Å². The molecule has 1 amide bonds. The number of carbonyl (C=O) groups excluding carboxylic acids is 1. The molecule has 8 heteroatoms. The van der Waals surface area contributed by atoms with Crippen LogP contribution in [0.1, 0.15) is 21.5 Å². The molecule has 0 aliphatic heterocycles. The quantitative estimate of drug-likeness (QED) is 0.103. The van der Waals surface area contributed by atoms with Crippen LogP contribution in [0.4, 0.5) is 0 Å². The fourth-order valence-corrected chi connectivity index (χ4v) is 5.08. The Kier molecular flexibility index (Phi) is 8.53. The molecular formula is C31H23BrIN3O3. The third kappa shape index (κ3) is 6.46. The van der Waals surface area contributed by atoms with Gasteiger partial charge in [0, 0.05) is 15.4 Å². The molecule has 39 heavy (non-hydrogen) atoms. The van der Waals surface area contributed by atoms with Crippen molar-refractivity contribution in [3.8, 4) is 22.8 Å². The second-order valence-corrected chi connectivity index (χ2v) is 10.7. The largest absolute Gasteiger partial charge is 0.493 e. The second-order valence-electron chi connectivity index (χ2n) is 8.59. The van der Waals surface area contributed by atoms with Crippen molar-refractivity contribution in [1.82, 2.24) is 10.4 Å². The van der Waals surface area contributed by atoms with E-state index in [0.29, 0.717) is 23.7 Å². The van der Waals surface area contributed by atoms with Crippen LogP contribution in [0.25, 0.3) is 22.2 Å². The van der Waals surface area contributed by atoms with Gasteiger partial charge in [-0.1, -0.05) is 76.6 Å². The number of aromatic nitrogens is 1. The maximum Gasteiger partial charge on any atom is 0.272 e. The van der Waals surface area contributed by atoms with Gasteiger partial charge in [-0.05, 0) is 70.1 Å². The number of hydrazone groups is 1. The Hall–Kier alpha value is -3.76. The van der Waals surface area contributed by atoms with Gasteiger partial charge >= 0.3 is 0 Å². The number of ether oxygens (including phenoxy) is 2. The fourth-order valence-electron chi connectivity index (χ4n) is 4.04. The van der Waals surface area contributed by atoms with Crippen molar-refractivity contribution in [3.63, 3.8) is 0 Å². The molecule has 5 aromatic rings. The van der Waals surface area contributed by atoms with E-state index in [1.165, 1.54) is 0 Å². The number of methoxy groups -OCH3 is 1. The minimum absolute atomic E-state index is 0.321. The van der Waals surface area contributed by atoms with Crippen LogP contribution in [-0.2, 0) is 6.61 Å². The summed E-state index contributed by atoms with van der Waals surface area (Å²) in [5.41, 5.74) is 7.37. The highest BCUT2D eigenvalue weighted by atomic mass is 127. The van der Waals surface area contributed by atoms with Crippen LogP contribution in [0.3, 0.4) is 0 Å². The normalized spacial score (nSPS) is 11.1. The van der Waals surface area contributed by atoms with Gasteiger partial charge in [0.05, 0.1) is 33.7 Å². The van der Waals surface area contributed by atoms with Crippen molar-refractivity contribution in [2.75, 3.05) is 7.11 Å². The molecule has 0 saturated carbocycles. The van der Waals surface area contributed by atoms with Gasteiger partial charge in [-0.25, -0.2) is 10.4 Å². The Bertz CT molecular complexity index is 1660. The summed E-state index contributed by atoms with van der Waals surface area (Å²) < 4.78 is 13.5. The molecule has 0 unspecified atom stereocenters. The molecule has 0 atom stereocenters. The summed E-state index contributed by atoms with van der Waals surface area (Å²) in [6.07, 6.45) is 1.59. The number of nitrogens with zero attached hydrogens (tertiary/aromatic N) is 2. The molecule has 1 N–H and O–H groups in total. The molecule has 1 heterocycles. The van der Waals surface area contributed by atoms with Crippen molar-refractivity contribution in [1.29, 1.82) is 0 Å². The van der Waals surface area contributed by atoms with Crippen LogP contribution in [0.5, 0.6) is 11.5 Å². The van der Waals surface area contributed by atoms with Gasteiger partial charge in [-0.2, -0.15) is 5.10 Å². The van der Waals surface area contributed by atoms with Gasteiger partial charge in [0.25, 0.3) is 5.91 Å². The summed E-state index contributed by atoms with van der Waals surface area (Å²) in [6.45, 7) is 0.411. The summed E-state index contributed by atoms with van der Waals surface area (Å²) in [6, 6.07) is 30.9. The first kappa shape index (κ1) is 26.8. The topological polar surface area (TPSA) is 72.8 Å². The van der Waals surface area contributed by atoms with E-state index >= 15 is 0 Å². The van der Waals surface area contributed by atoms with Crippen LogP contribution < -0.4 is 14.9 Å². The maximum atomic E-state index is 13.2. The number of fused-ring (bicyclic) bond motifs is 1. The monoisotopic (exact) mass is 691 g/mol. The lowest BCUT2D eigenvalue weighted by Gasteiger charge is -2.13. The second kappa shape index (κ2) is 12.4. The third-order valence-electron chi connectivity index (χ3n) is 5.96. The number of hydrogen-bond acceptors (Lipinski definition) is 5. The minimum Gasteiger partial charge on any atom is -0.493 e. The standard InChI is InChI=1S/C31H23BrIN3O3/c1-38-29-16-21(15-26(33)30(29)39-19-20-11-13-23(32)14-12-20)18-34-36-31(37)25-17-28(22-7-3-2-4-8-22)35-27-10-6-5-9-24(25)27/h2-18H,19H2,1H3,(H,36,37)/b34-18+. The molecule has 1 aromatic heterocycles. The molecule has 0 aliphatic rings. The lowest BCUT2D eigenvalue weighted by Crippen LogP contribution is -2.18. The van der Waals surface area contributed by atoms with E-state index in [1.807, 2.05) is 91.0 Å². The number of hydrogen-bond donors (Lipinski definition) is 1. The molecule has 0 bridgehead atoms. The highest BCUT2D eigenvalue weighted by Gasteiger charge is 2.14. The van der Waals surface area contributed by atoms with Crippen LogP contribution >= 0.6 is 38.5 Å². The Balaban J connectivity index is 1.34. The fraction of sp³-hybridized carbons (Fsp3) is 0.0645. The SMILES string of the molecule is COc1cc(/C=N/NC(=O)c2cc(-c3ccccc3)nc3ccccc23)cc(I)c1OCc1ccc(Br)cc1. The molecular weight excluding hydrogens is 669 g/mol. The number of rotatable bonds is 8. The van der Waals surface area contributed by atoms with E-state index in [4.69, 9.17) is 14.5 Å². The van der Waals surface area contributed by atoms with Gasteiger partial charge < -0.3 is 9.47 Å². The number of amides is 1. The summed E-state index contributed by atoms with van der Waals surface area (Å²) in [4.78, 5) is 18.0. The van der Waals surface area contributed by atoms with Gasteiger partial charge in [0.1, 0.15) is 6.61 Å². The third-order valence-corrected chi connectivity index (χ3v) is 7.29. The van der Waals surface area contributed by atoms with E-state index in [-0.39, 0.29) is 5.91 Å². The smallest absolute Gasteiger partial charge is 0.272 e. The molecule has 0 radical (unpaired) electrons. The number of halogens is 2. The Morgan fingerprint density at radius 3 is 2.51 bits per heavy atom. The van der Waals surface area contributed by atoms with Crippen LogP contribution in [-0.4, -0.2) is 24.2 Å². The van der Waals surface area contributed by atoms with E-state index < -0.39 is 0 Å². The zero-order chi connectivity index (χ0) is 27.2. The van der Waals surface area contributed by atoms with Crippen LogP contribution in [0.15, 0.2) is 107 Å². The molecule has 5 rings (SSSR count). The zero-order valence-corrected chi connectivity index (χ0v) is 24.6. The number of benzene rings is 4. The molecule has 6 nitrogen and oxygen atoms in total. The van der Waals surface area contributed by atoms with Crippen molar-refractivity contribution in [2.24, 2.45) is 5.10 Å². The van der Waals surface area contributed by atoms with Crippen molar-refractivity contribution in [2.45, 2.75) is 6.61 Å². The number of carbonyl (C=O) groups is 1. The first-order chi connectivity index (χ1) is 19.0. The van der Waals surface area contributed by atoms with Crippen molar-refractivity contribution < 1.29 is 14.3 Å². The van der Waals surface area contributed by atoms with Crippen molar-refractivity contribution >= 4 is 61.5 Å². The van der Waals surface area contributed by atoms with Crippen LogP contribution in [0.2, 0.25) is 0 Å². The highest BCUT2D eigenvalue weighted by molar-refractivity contribution is 14.1. The number of para-hydroxylation sites is 1. The zero-order valence-electron chi connectivity index (χ0n) is 20.9. The molecule has 0 spiro atoms. The summed E-state index contributed by atoms with van der Waals surface area (Å²) in [5, 5.41) is 4.98. The van der Waals surface area contributed by atoms with Crippen LogP contribution in [0, 0.1) is 3.57 Å². The van der Waals surface area contributed by atoms with Crippen molar-refractivity contribution in [3.05, 3.63) is 122 Å². The molecule has 0 aliphatic carbocycles. The predicted octanol–water partition coefficient (Wildman–Crippen LogP) is 7.62. The van der Waals surface area contributed by atoms with E-state index in [2.05, 4.69) is 49.0 Å². The molecule has 4 aromatic carbocycles. The first-order valence-corrected chi connectivity index (χ1v) is 13.9. The first-order valence-electron chi connectivity index (χ1n) is 12.0. The van der Waals surface area contributed by atoms with Gasteiger partial charge in [0.15, 0.2) is 11.5 Å². The Labute approximate surface area is 248 Å². The lowest BCUT2D eigenvalue weighted by molar-refractivity contribution is 0.0956. The predicted molar refractivity (Wildman–Crippen MR) is 166 cm³/mol. The summed E-state index contributed by atoms with van der Waals surface area (Å²) >= 11 is 5.65. The maximum absolute atomic E-state index is 13.2. The van der Waals surface area contributed by atoms with E-state index in [9.17, 15) is 4.79 Å². The summed E-state index contributed by atoms with van der Waals surface area (Å²) in [7, 11) is 1.60. The minimum atomic E-state index is -0.321. The Morgan fingerprint density at radius 1 is 1.00 bits per heavy atom. The number of nitrogens with one attached hydrogen (secondary N) is 1. The highest BCUT2D eigenvalue weighted by Crippen LogP contribution is 2.34. The van der Waals surface area contributed by atoms with E-state index in [1.54, 1.807) is 19.4 Å². The molecule has 0 fully saturated rings. The molecule has 194 valence electrons. The average Bonchev–Trinajstić information content (AvgIpc) is 2.97. The lowest BCUT2D eigenvalue weighted by atomic mass is 10.0. The van der Waals surface area contributed by atoms with E-state index in [0.717, 1.165) is 41.3 Å². The Morgan fingerprint density at radius 2 is 1.74 bits per heavy atom. The number of pyridine rings is 1. The van der Waals surface area contributed by atoms with Gasteiger partial charge in [-0.15, -0.1) is 0 Å². The average molecular weight is 692 g/mol.